The second-order valence-electron chi connectivity index (χ2n) is 7.86. The standard InChI is InChI=1S/C27H19N5O4/c28-24(33)21-10-9-20(13-22(21)26(34)32-19-12-23-25(29-14-19)31-15-30-23)36-27(35)18-8-4-7-17(11-18)16-5-2-1-3-6-16/h1-15H,(H2,28,33)(H,32,34)(H,29,30,31). The molecule has 0 aliphatic heterocycles. The number of rotatable bonds is 6. The molecule has 5 rings (SSSR count). The summed E-state index contributed by atoms with van der Waals surface area (Å²) in [4.78, 5) is 48.9. The van der Waals surface area contributed by atoms with E-state index in [0.717, 1.165) is 11.1 Å². The largest absolute Gasteiger partial charge is 0.423 e. The number of carbonyl (C=O) groups excluding carboxylic acids is 3. The molecule has 36 heavy (non-hydrogen) atoms. The van der Waals surface area contributed by atoms with E-state index in [-0.39, 0.29) is 16.9 Å². The highest BCUT2D eigenvalue weighted by molar-refractivity contribution is 6.12. The molecule has 0 spiro atoms. The second-order valence-corrected chi connectivity index (χ2v) is 7.86. The average molecular weight is 477 g/mol. The van der Waals surface area contributed by atoms with E-state index in [0.29, 0.717) is 22.4 Å². The van der Waals surface area contributed by atoms with Crippen molar-refractivity contribution in [2.24, 2.45) is 5.73 Å². The molecule has 2 heterocycles. The number of amides is 2. The fraction of sp³-hybridized carbons (Fsp3) is 0. The number of pyridine rings is 1. The summed E-state index contributed by atoms with van der Waals surface area (Å²) < 4.78 is 5.52. The molecular formula is C27H19N5O4. The van der Waals surface area contributed by atoms with Gasteiger partial charge in [0.25, 0.3) is 5.91 Å². The van der Waals surface area contributed by atoms with Crippen molar-refractivity contribution in [2.45, 2.75) is 0 Å². The number of hydrogen-bond acceptors (Lipinski definition) is 6. The summed E-state index contributed by atoms with van der Waals surface area (Å²) in [5.41, 5.74) is 9.06. The number of nitrogens with zero attached hydrogens (tertiary/aromatic N) is 2. The fourth-order valence-corrected chi connectivity index (χ4v) is 3.71. The maximum Gasteiger partial charge on any atom is 0.343 e. The summed E-state index contributed by atoms with van der Waals surface area (Å²) in [5.74, 6) is -1.94. The van der Waals surface area contributed by atoms with E-state index in [2.05, 4.69) is 20.3 Å². The zero-order chi connectivity index (χ0) is 25.1. The minimum absolute atomic E-state index is 0.0195. The average Bonchev–Trinajstić information content (AvgIpc) is 3.37. The predicted octanol–water partition coefficient (Wildman–Crippen LogP) is 4.20. The van der Waals surface area contributed by atoms with Gasteiger partial charge >= 0.3 is 5.97 Å². The normalized spacial score (nSPS) is 10.7. The molecule has 5 aromatic rings. The van der Waals surface area contributed by atoms with Crippen LogP contribution in [0.5, 0.6) is 5.75 Å². The van der Waals surface area contributed by atoms with Crippen molar-refractivity contribution in [3.05, 3.63) is 108 Å². The van der Waals surface area contributed by atoms with Gasteiger partial charge in [-0.3, -0.25) is 9.59 Å². The van der Waals surface area contributed by atoms with Crippen molar-refractivity contribution in [1.29, 1.82) is 0 Å². The number of fused-ring (bicyclic) bond motifs is 1. The molecule has 0 bridgehead atoms. The van der Waals surface area contributed by atoms with E-state index in [9.17, 15) is 14.4 Å². The van der Waals surface area contributed by atoms with Gasteiger partial charge in [-0.05, 0) is 47.5 Å². The number of ether oxygens (including phenoxy) is 1. The van der Waals surface area contributed by atoms with E-state index in [1.807, 2.05) is 36.4 Å². The lowest BCUT2D eigenvalue weighted by Gasteiger charge is -2.11. The summed E-state index contributed by atoms with van der Waals surface area (Å²) in [6.07, 6.45) is 2.93. The zero-order valence-corrected chi connectivity index (χ0v) is 18.8. The Hall–Kier alpha value is -5.31. The van der Waals surface area contributed by atoms with E-state index in [4.69, 9.17) is 10.5 Å². The lowest BCUT2D eigenvalue weighted by molar-refractivity contribution is 0.0733. The Labute approximate surface area is 205 Å². The molecule has 2 aromatic heterocycles. The highest BCUT2D eigenvalue weighted by atomic mass is 16.5. The van der Waals surface area contributed by atoms with Gasteiger partial charge < -0.3 is 20.8 Å². The van der Waals surface area contributed by atoms with Crippen LogP contribution in [-0.2, 0) is 0 Å². The predicted molar refractivity (Wildman–Crippen MR) is 134 cm³/mol. The van der Waals surface area contributed by atoms with Gasteiger partial charge in [0, 0.05) is 0 Å². The van der Waals surface area contributed by atoms with Gasteiger partial charge in [-0.1, -0.05) is 42.5 Å². The molecule has 0 fully saturated rings. The van der Waals surface area contributed by atoms with Crippen LogP contribution in [0.15, 0.2) is 91.4 Å². The van der Waals surface area contributed by atoms with Gasteiger partial charge in [-0.15, -0.1) is 0 Å². The van der Waals surface area contributed by atoms with Crippen molar-refractivity contribution in [1.82, 2.24) is 15.0 Å². The highest BCUT2D eigenvalue weighted by Gasteiger charge is 2.19. The van der Waals surface area contributed by atoms with Crippen molar-refractivity contribution in [3.8, 4) is 16.9 Å². The maximum absolute atomic E-state index is 13.0. The van der Waals surface area contributed by atoms with Crippen molar-refractivity contribution >= 4 is 34.6 Å². The van der Waals surface area contributed by atoms with Crippen LogP contribution in [0.3, 0.4) is 0 Å². The van der Waals surface area contributed by atoms with Gasteiger partial charge in [0.05, 0.1) is 40.4 Å². The molecule has 176 valence electrons. The molecule has 4 N–H and O–H groups in total. The Balaban J connectivity index is 1.39. The Kier molecular flexibility index (Phi) is 5.94. The van der Waals surface area contributed by atoms with Gasteiger partial charge in [-0.25, -0.2) is 14.8 Å². The van der Waals surface area contributed by atoms with Crippen molar-refractivity contribution < 1.29 is 19.1 Å². The Bertz CT molecular complexity index is 1610. The molecule has 0 saturated heterocycles. The first-order chi connectivity index (χ1) is 17.5. The summed E-state index contributed by atoms with van der Waals surface area (Å²) in [7, 11) is 0. The Morgan fingerprint density at radius 1 is 0.833 bits per heavy atom. The minimum atomic E-state index is -0.796. The minimum Gasteiger partial charge on any atom is -0.423 e. The fourth-order valence-electron chi connectivity index (χ4n) is 3.71. The maximum atomic E-state index is 13.0. The third kappa shape index (κ3) is 4.66. The van der Waals surface area contributed by atoms with Crippen LogP contribution < -0.4 is 15.8 Å². The Morgan fingerprint density at radius 3 is 2.44 bits per heavy atom. The topological polar surface area (TPSA) is 140 Å². The van der Waals surface area contributed by atoms with E-state index in [1.54, 1.807) is 24.3 Å². The second kappa shape index (κ2) is 9.51. The molecule has 3 aromatic carbocycles. The van der Waals surface area contributed by atoms with Crippen LogP contribution in [0.25, 0.3) is 22.3 Å². The first kappa shape index (κ1) is 22.5. The van der Waals surface area contributed by atoms with Crippen LogP contribution in [0.4, 0.5) is 5.69 Å². The smallest absolute Gasteiger partial charge is 0.343 e. The number of hydrogen-bond donors (Lipinski definition) is 3. The number of primary amides is 1. The molecule has 9 heteroatoms. The number of aromatic amines is 1. The molecule has 0 unspecified atom stereocenters. The summed E-state index contributed by atoms with van der Waals surface area (Å²) in [6.45, 7) is 0. The number of carbonyl (C=O) groups is 3. The van der Waals surface area contributed by atoms with Gasteiger partial charge in [-0.2, -0.15) is 0 Å². The number of esters is 1. The molecule has 0 aliphatic rings. The van der Waals surface area contributed by atoms with E-state index >= 15 is 0 Å². The van der Waals surface area contributed by atoms with Gasteiger partial charge in [0.1, 0.15) is 5.75 Å². The van der Waals surface area contributed by atoms with E-state index < -0.39 is 17.8 Å². The quantitative estimate of drug-likeness (QED) is 0.247. The molecule has 0 aliphatic carbocycles. The number of nitrogens with two attached hydrogens (primary N) is 1. The molecule has 2 amide bonds. The number of H-pyrrole nitrogens is 1. The lowest BCUT2D eigenvalue weighted by atomic mass is 10.0. The number of anilines is 1. The third-order valence-electron chi connectivity index (χ3n) is 5.45. The van der Waals surface area contributed by atoms with Crippen LogP contribution in [0.2, 0.25) is 0 Å². The highest BCUT2D eigenvalue weighted by Crippen LogP contribution is 2.24. The summed E-state index contributed by atoms with van der Waals surface area (Å²) in [5, 5.41) is 2.68. The van der Waals surface area contributed by atoms with Crippen LogP contribution in [0.1, 0.15) is 31.1 Å². The summed E-state index contributed by atoms with van der Waals surface area (Å²) in [6, 6.07) is 22.4. The zero-order valence-electron chi connectivity index (χ0n) is 18.8. The first-order valence-electron chi connectivity index (χ1n) is 10.9. The molecule has 9 nitrogen and oxygen atoms in total. The van der Waals surface area contributed by atoms with Crippen LogP contribution in [0, 0.1) is 0 Å². The Morgan fingerprint density at radius 2 is 1.64 bits per heavy atom. The molecular weight excluding hydrogens is 458 g/mol. The van der Waals surface area contributed by atoms with Crippen molar-refractivity contribution in [3.63, 3.8) is 0 Å². The number of imidazole rings is 1. The lowest BCUT2D eigenvalue weighted by Crippen LogP contribution is -2.21. The summed E-state index contributed by atoms with van der Waals surface area (Å²) >= 11 is 0. The first-order valence-corrected chi connectivity index (χ1v) is 10.9. The molecule has 0 atom stereocenters. The van der Waals surface area contributed by atoms with Crippen LogP contribution in [-0.4, -0.2) is 32.7 Å². The monoisotopic (exact) mass is 477 g/mol. The number of aromatic nitrogens is 3. The van der Waals surface area contributed by atoms with Crippen molar-refractivity contribution in [2.75, 3.05) is 5.32 Å². The number of benzene rings is 3. The third-order valence-corrected chi connectivity index (χ3v) is 5.45. The molecule has 0 saturated carbocycles. The molecule has 0 radical (unpaired) electrons. The van der Waals surface area contributed by atoms with Gasteiger partial charge in [0.2, 0.25) is 5.91 Å². The van der Waals surface area contributed by atoms with Crippen LogP contribution >= 0.6 is 0 Å². The van der Waals surface area contributed by atoms with E-state index in [1.165, 1.54) is 30.7 Å². The SMILES string of the molecule is NC(=O)c1ccc(OC(=O)c2cccc(-c3ccccc3)c2)cc1C(=O)Nc1cnc2nc[nH]c2c1. The number of nitrogens with one attached hydrogen (secondary N) is 2. The van der Waals surface area contributed by atoms with Gasteiger partial charge in [0.15, 0.2) is 5.65 Å².